The Kier molecular flexibility index (Phi) is 7.77. The smallest absolute Gasteiger partial charge is 0.253 e. The van der Waals surface area contributed by atoms with Crippen LogP contribution in [0.1, 0.15) is 43.5 Å². The van der Waals surface area contributed by atoms with Crippen LogP contribution in [-0.4, -0.2) is 76.1 Å². The summed E-state index contributed by atoms with van der Waals surface area (Å²) in [5, 5.41) is 2.90. The number of amides is 2. The van der Waals surface area contributed by atoms with Crippen molar-refractivity contribution in [2.45, 2.75) is 51.9 Å². The quantitative estimate of drug-likeness (QED) is 0.697. The molecule has 2 amide bonds. The van der Waals surface area contributed by atoms with Crippen LogP contribution in [0.4, 0.5) is 5.69 Å². The monoisotopic (exact) mass is 453 g/mol. The summed E-state index contributed by atoms with van der Waals surface area (Å²) in [7, 11) is 0. The molecule has 2 saturated heterocycles. The Labute approximate surface area is 195 Å². The number of aromatic nitrogens is 2. The third-order valence-corrected chi connectivity index (χ3v) is 6.46. The van der Waals surface area contributed by atoms with Gasteiger partial charge in [-0.15, -0.1) is 0 Å². The van der Waals surface area contributed by atoms with Gasteiger partial charge < -0.3 is 19.5 Å². The third-order valence-electron chi connectivity index (χ3n) is 6.46. The minimum atomic E-state index is -0.0825. The highest BCUT2D eigenvalue weighted by molar-refractivity contribution is 5.97. The molecule has 1 aromatic carbocycles. The number of ether oxygens (including phenoxy) is 1. The van der Waals surface area contributed by atoms with E-state index in [9.17, 15) is 9.59 Å². The van der Waals surface area contributed by atoms with Gasteiger partial charge in [0.05, 0.1) is 18.5 Å². The molecule has 178 valence electrons. The van der Waals surface area contributed by atoms with E-state index in [1.165, 1.54) is 0 Å². The van der Waals surface area contributed by atoms with E-state index in [1.807, 2.05) is 33.9 Å². The molecule has 8 heteroatoms. The first-order valence-electron chi connectivity index (χ1n) is 12.0. The molecule has 0 aliphatic carbocycles. The Morgan fingerprint density at radius 3 is 2.61 bits per heavy atom. The van der Waals surface area contributed by atoms with Crippen LogP contribution < -0.4 is 5.32 Å². The van der Waals surface area contributed by atoms with Gasteiger partial charge in [-0.3, -0.25) is 14.5 Å². The Morgan fingerprint density at radius 1 is 1.15 bits per heavy atom. The van der Waals surface area contributed by atoms with Gasteiger partial charge in [-0.25, -0.2) is 4.98 Å². The van der Waals surface area contributed by atoms with Crippen molar-refractivity contribution in [1.82, 2.24) is 19.4 Å². The van der Waals surface area contributed by atoms with Gasteiger partial charge in [0.25, 0.3) is 5.91 Å². The Bertz CT molecular complexity index is 914. The van der Waals surface area contributed by atoms with Crippen molar-refractivity contribution in [3.8, 4) is 0 Å². The Morgan fingerprint density at radius 2 is 1.91 bits per heavy atom. The number of rotatable bonds is 7. The SMILES string of the molecule is CC1CN(CC2CCN(C(=O)c3cccc(NC(=O)CCn4ccnc4)c3)CC2)CC(C)O1. The number of benzene rings is 1. The molecular formula is C25H35N5O3. The Balaban J connectivity index is 1.25. The molecule has 8 nitrogen and oxygen atoms in total. The van der Waals surface area contributed by atoms with Crippen molar-refractivity contribution in [3.05, 3.63) is 48.5 Å². The number of morpholine rings is 1. The molecule has 1 N–H and O–H groups in total. The summed E-state index contributed by atoms with van der Waals surface area (Å²) in [5.41, 5.74) is 1.28. The number of hydrogen-bond donors (Lipinski definition) is 1. The van der Waals surface area contributed by atoms with E-state index in [1.54, 1.807) is 18.6 Å². The first-order chi connectivity index (χ1) is 16.0. The number of imidazole rings is 1. The average molecular weight is 454 g/mol. The molecule has 0 bridgehead atoms. The maximum Gasteiger partial charge on any atom is 0.253 e. The Hall–Kier alpha value is -2.71. The summed E-state index contributed by atoms with van der Waals surface area (Å²) in [5.74, 6) is 0.574. The van der Waals surface area contributed by atoms with Gasteiger partial charge in [-0.2, -0.15) is 0 Å². The van der Waals surface area contributed by atoms with Gasteiger partial charge in [-0.1, -0.05) is 6.07 Å². The minimum absolute atomic E-state index is 0.0385. The molecule has 3 heterocycles. The van der Waals surface area contributed by atoms with Crippen LogP contribution in [0.5, 0.6) is 0 Å². The number of piperidine rings is 1. The van der Waals surface area contributed by atoms with E-state index in [0.29, 0.717) is 30.1 Å². The number of carbonyl (C=O) groups is 2. The van der Waals surface area contributed by atoms with Crippen LogP contribution in [0, 0.1) is 5.92 Å². The van der Waals surface area contributed by atoms with E-state index in [0.717, 1.165) is 45.6 Å². The molecule has 0 spiro atoms. The summed E-state index contributed by atoms with van der Waals surface area (Å²) in [6.45, 7) is 9.47. The van der Waals surface area contributed by atoms with Crippen LogP contribution >= 0.6 is 0 Å². The molecule has 2 fully saturated rings. The highest BCUT2D eigenvalue weighted by Crippen LogP contribution is 2.23. The molecule has 2 aliphatic heterocycles. The largest absolute Gasteiger partial charge is 0.373 e. The van der Waals surface area contributed by atoms with Crippen LogP contribution in [-0.2, 0) is 16.1 Å². The summed E-state index contributed by atoms with van der Waals surface area (Å²) in [6, 6.07) is 7.25. The van der Waals surface area contributed by atoms with E-state index in [-0.39, 0.29) is 24.0 Å². The lowest BCUT2D eigenvalue weighted by Gasteiger charge is -2.39. The van der Waals surface area contributed by atoms with Crippen molar-refractivity contribution in [3.63, 3.8) is 0 Å². The number of aryl methyl sites for hydroxylation is 1. The lowest BCUT2D eigenvalue weighted by atomic mass is 9.95. The van der Waals surface area contributed by atoms with Gasteiger partial charge in [0.2, 0.25) is 5.91 Å². The standard InChI is InChI=1S/C25H35N5O3/c1-19-15-29(16-20(2)33-19)17-21-6-11-30(12-7-21)25(32)22-4-3-5-23(14-22)27-24(31)8-10-28-13-9-26-18-28/h3-5,9,13-14,18-21H,6-8,10-12,15-17H2,1-2H3,(H,27,31). The number of anilines is 1. The zero-order valence-corrected chi connectivity index (χ0v) is 19.7. The minimum Gasteiger partial charge on any atom is -0.373 e. The molecule has 2 unspecified atom stereocenters. The second-order valence-corrected chi connectivity index (χ2v) is 9.39. The third kappa shape index (κ3) is 6.65. The number of likely N-dealkylation sites (tertiary alicyclic amines) is 1. The van der Waals surface area contributed by atoms with Gasteiger partial charge in [0.15, 0.2) is 0 Å². The molecule has 33 heavy (non-hydrogen) atoms. The number of nitrogens with zero attached hydrogens (tertiary/aromatic N) is 4. The van der Waals surface area contributed by atoms with Crippen LogP contribution in [0.2, 0.25) is 0 Å². The second-order valence-electron chi connectivity index (χ2n) is 9.39. The highest BCUT2D eigenvalue weighted by atomic mass is 16.5. The molecule has 2 aromatic rings. The van der Waals surface area contributed by atoms with Gasteiger partial charge in [0, 0.05) is 69.3 Å². The van der Waals surface area contributed by atoms with Gasteiger partial charge in [0.1, 0.15) is 0 Å². The lowest BCUT2D eigenvalue weighted by molar-refractivity contribution is -0.116. The summed E-state index contributed by atoms with van der Waals surface area (Å²) in [6.07, 6.45) is 8.19. The molecular weight excluding hydrogens is 418 g/mol. The van der Waals surface area contributed by atoms with Crippen molar-refractivity contribution in [2.24, 2.45) is 5.92 Å². The second kappa shape index (κ2) is 10.9. The molecule has 0 radical (unpaired) electrons. The molecule has 2 aliphatic rings. The normalized spacial score (nSPS) is 22.3. The van der Waals surface area contributed by atoms with Crippen molar-refractivity contribution >= 4 is 17.5 Å². The maximum atomic E-state index is 13.1. The van der Waals surface area contributed by atoms with Crippen LogP contribution in [0.3, 0.4) is 0 Å². The van der Waals surface area contributed by atoms with Crippen molar-refractivity contribution < 1.29 is 14.3 Å². The van der Waals surface area contributed by atoms with Crippen molar-refractivity contribution in [2.75, 3.05) is 38.0 Å². The first-order valence-corrected chi connectivity index (χ1v) is 12.0. The topological polar surface area (TPSA) is 79.7 Å². The lowest BCUT2D eigenvalue weighted by Crippen LogP contribution is -2.48. The summed E-state index contributed by atoms with van der Waals surface area (Å²) >= 11 is 0. The molecule has 0 saturated carbocycles. The van der Waals surface area contributed by atoms with E-state index in [4.69, 9.17) is 4.74 Å². The van der Waals surface area contributed by atoms with Crippen molar-refractivity contribution in [1.29, 1.82) is 0 Å². The molecule has 1 aromatic heterocycles. The maximum absolute atomic E-state index is 13.1. The first kappa shape index (κ1) is 23.4. The molecule has 2 atom stereocenters. The van der Waals surface area contributed by atoms with Gasteiger partial charge in [-0.05, 0) is 50.8 Å². The fourth-order valence-electron chi connectivity index (χ4n) is 4.90. The summed E-state index contributed by atoms with van der Waals surface area (Å²) < 4.78 is 7.71. The highest BCUT2D eigenvalue weighted by Gasteiger charge is 2.28. The fraction of sp³-hybridized carbons (Fsp3) is 0.560. The van der Waals surface area contributed by atoms with E-state index < -0.39 is 0 Å². The average Bonchev–Trinajstić information content (AvgIpc) is 3.31. The number of nitrogens with one attached hydrogen (secondary N) is 1. The predicted molar refractivity (Wildman–Crippen MR) is 127 cm³/mol. The van der Waals surface area contributed by atoms with Crippen LogP contribution in [0.25, 0.3) is 0 Å². The van der Waals surface area contributed by atoms with Gasteiger partial charge >= 0.3 is 0 Å². The molecule has 4 rings (SSSR count). The zero-order valence-electron chi connectivity index (χ0n) is 19.7. The van der Waals surface area contributed by atoms with E-state index in [2.05, 4.69) is 29.0 Å². The zero-order chi connectivity index (χ0) is 23.2. The fourth-order valence-corrected chi connectivity index (χ4v) is 4.90. The number of carbonyl (C=O) groups excluding carboxylic acids is 2. The van der Waals surface area contributed by atoms with E-state index >= 15 is 0 Å². The van der Waals surface area contributed by atoms with Crippen LogP contribution in [0.15, 0.2) is 43.0 Å². The summed E-state index contributed by atoms with van der Waals surface area (Å²) in [4.78, 5) is 33.8. The number of hydrogen-bond acceptors (Lipinski definition) is 5. The predicted octanol–water partition coefficient (Wildman–Crippen LogP) is 2.87.